The summed E-state index contributed by atoms with van der Waals surface area (Å²) in [6, 6.07) is 0. The lowest BCUT2D eigenvalue weighted by Crippen LogP contribution is -2.16. The zero-order valence-electron chi connectivity index (χ0n) is 10.0. The van der Waals surface area contributed by atoms with Gasteiger partial charge < -0.3 is 5.11 Å². The second-order valence-corrected chi connectivity index (χ2v) is 9.42. The van der Waals surface area contributed by atoms with Crippen LogP contribution in [0.25, 0.3) is 0 Å². The highest BCUT2D eigenvalue weighted by molar-refractivity contribution is 7.91. The lowest BCUT2D eigenvalue weighted by molar-refractivity contribution is 0.136. The molecule has 1 N–H and O–H groups in total. The molecule has 0 spiro atoms. The maximum Gasteiger partial charge on any atom is 0.150 e. The van der Waals surface area contributed by atoms with E-state index < -0.39 is 25.8 Å². The van der Waals surface area contributed by atoms with Crippen molar-refractivity contribution in [1.29, 1.82) is 0 Å². The summed E-state index contributed by atoms with van der Waals surface area (Å²) in [4.78, 5) is 0. The zero-order chi connectivity index (χ0) is 13.1. The van der Waals surface area contributed by atoms with Gasteiger partial charge in [-0.3, -0.25) is 0 Å². The molecular formula is C10H20O5S2. The van der Waals surface area contributed by atoms with Gasteiger partial charge in [0.2, 0.25) is 0 Å². The Balaban J connectivity index is 2.24. The standard InChI is InChI=1S/C10H20O5S2/c1-16(12,13)5-2-3-10(11)7-9-4-6-17(14,15)8-9/h9-11H,2-8H2,1H3. The second-order valence-electron chi connectivity index (χ2n) is 4.93. The minimum atomic E-state index is -2.97. The largest absolute Gasteiger partial charge is 0.393 e. The van der Waals surface area contributed by atoms with E-state index in [1.165, 1.54) is 6.26 Å². The average molecular weight is 284 g/mol. The van der Waals surface area contributed by atoms with E-state index in [0.717, 1.165) is 0 Å². The Morgan fingerprint density at radius 2 is 2.06 bits per heavy atom. The first kappa shape index (κ1) is 14.9. The summed E-state index contributed by atoms with van der Waals surface area (Å²) < 4.78 is 44.2. The number of rotatable bonds is 6. The predicted octanol–water partition coefficient (Wildman–Crippen LogP) is -0.00310. The first-order valence-corrected chi connectivity index (χ1v) is 9.62. The van der Waals surface area contributed by atoms with E-state index in [2.05, 4.69) is 0 Å². The Bertz CT molecular complexity index is 437. The second kappa shape index (κ2) is 5.67. The van der Waals surface area contributed by atoms with Gasteiger partial charge >= 0.3 is 0 Å². The molecule has 0 aromatic rings. The van der Waals surface area contributed by atoms with Gasteiger partial charge in [-0.1, -0.05) is 0 Å². The van der Waals surface area contributed by atoms with Gasteiger partial charge in [0.05, 0.1) is 17.6 Å². The topological polar surface area (TPSA) is 88.5 Å². The van der Waals surface area contributed by atoms with Crippen molar-refractivity contribution in [3.05, 3.63) is 0 Å². The summed E-state index contributed by atoms with van der Waals surface area (Å²) >= 11 is 0. The van der Waals surface area contributed by atoms with Crippen molar-refractivity contribution < 1.29 is 21.9 Å². The Morgan fingerprint density at radius 3 is 2.53 bits per heavy atom. The number of hydrogen-bond acceptors (Lipinski definition) is 5. The molecule has 1 aliphatic rings. The number of hydrogen-bond donors (Lipinski definition) is 1. The van der Waals surface area contributed by atoms with Crippen LogP contribution < -0.4 is 0 Å². The van der Waals surface area contributed by atoms with Crippen LogP contribution in [0.15, 0.2) is 0 Å². The molecule has 0 bridgehead atoms. The van der Waals surface area contributed by atoms with E-state index in [9.17, 15) is 21.9 Å². The van der Waals surface area contributed by atoms with Gasteiger partial charge in [0.1, 0.15) is 9.84 Å². The Kier molecular flexibility index (Phi) is 4.97. The fourth-order valence-electron chi connectivity index (χ4n) is 2.14. The van der Waals surface area contributed by atoms with E-state index in [1.54, 1.807) is 0 Å². The van der Waals surface area contributed by atoms with Crippen molar-refractivity contribution in [2.24, 2.45) is 5.92 Å². The predicted molar refractivity (Wildman–Crippen MR) is 66.3 cm³/mol. The van der Waals surface area contributed by atoms with Crippen molar-refractivity contribution in [3.63, 3.8) is 0 Å². The molecule has 1 aliphatic heterocycles. The number of sulfone groups is 2. The molecule has 0 aliphatic carbocycles. The van der Waals surface area contributed by atoms with Crippen LogP contribution in [-0.2, 0) is 19.7 Å². The zero-order valence-corrected chi connectivity index (χ0v) is 11.6. The first-order chi connectivity index (χ1) is 7.68. The molecule has 0 aromatic heterocycles. The average Bonchev–Trinajstić information content (AvgIpc) is 2.42. The van der Waals surface area contributed by atoms with Gasteiger partial charge in [-0.2, -0.15) is 0 Å². The van der Waals surface area contributed by atoms with Crippen LogP contribution in [0.1, 0.15) is 25.7 Å². The first-order valence-electron chi connectivity index (χ1n) is 5.74. The summed E-state index contributed by atoms with van der Waals surface area (Å²) in [5.41, 5.74) is 0. The van der Waals surface area contributed by atoms with E-state index in [1.807, 2.05) is 0 Å². The van der Waals surface area contributed by atoms with Gasteiger partial charge in [-0.15, -0.1) is 0 Å². The van der Waals surface area contributed by atoms with Gasteiger partial charge in [0.25, 0.3) is 0 Å². The normalized spacial score (nSPS) is 25.9. The van der Waals surface area contributed by atoms with Gasteiger partial charge in [0, 0.05) is 12.0 Å². The quantitative estimate of drug-likeness (QED) is 0.741. The molecular weight excluding hydrogens is 264 g/mol. The van der Waals surface area contributed by atoms with Crippen LogP contribution in [0.2, 0.25) is 0 Å². The maximum atomic E-state index is 11.2. The molecule has 1 fully saturated rings. The molecule has 1 saturated heterocycles. The van der Waals surface area contributed by atoms with E-state index in [0.29, 0.717) is 25.7 Å². The molecule has 0 radical (unpaired) electrons. The highest BCUT2D eigenvalue weighted by atomic mass is 32.2. The molecule has 1 heterocycles. The summed E-state index contributed by atoms with van der Waals surface area (Å²) in [5, 5.41) is 9.69. The lowest BCUT2D eigenvalue weighted by Gasteiger charge is -2.13. The number of aliphatic hydroxyl groups excluding tert-OH is 1. The highest BCUT2D eigenvalue weighted by Crippen LogP contribution is 2.24. The fraction of sp³-hybridized carbons (Fsp3) is 1.00. The summed E-state index contributed by atoms with van der Waals surface area (Å²) in [6.45, 7) is 0. The Hall–Kier alpha value is -0.140. The lowest BCUT2D eigenvalue weighted by atomic mass is 9.99. The molecule has 5 nitrogen and oxygen atoms in total. The van der Waals surface area contributed by atoms with Crippen molar-refractivity contribution in [1.82, 2.24) is 0 Å². The smallest absolute Gasteiger partial charge is 0.150 e. The van der Waals surface area contributed by atoms with Crippen LogP contribution in [0.3, 0.4) is 0 Å². The van der Waals surface area contributed by atoms with E-state index in [4.69, 9.17) is 0 Å². The maximum absolute atomic E-state index is 11.2. The summed E-state index contributed by atoms with van der Waals surface area (Å²) in [5.74, 6) is 0.491. The summed E-state index contributed by atoms with van der Waals surface area (Å²) in [6.07, 6.45) is 2.51. The Labute approximate surface area is 103 Å². The SMILES string of the molecule is CS(=O)(=O)CCCC(O)CC1CCS(=O)(=O)C1. The molecule has 102 valence electrons. The third-order valence-electron chi connectivity index (χ3n) is 2.98. The van der Waals surface area contributed by atoms with Crippen LogP contribution in [0.4, 0.5) is 0 Å². The molecule has 2 atom stereocenters. The van der Waals surface area contributed by atoms with E-state index in [-0.39, 0.29) is 23.2 Å². The molecule has 0 aromatic carbocycles. The molecule has 17 heavy (non-hydrogen) atoms. The highest BCUT2D eigenvalue weighted by Gasteiger charge is 2.29. The van der Waals surface area contributed by atoms with Crippen molar-refractivity contribution in [2.45, 2.75) is 31.8 Å². The van der Waals surface area contributed by atoms with Gasteiger partial charge in [0.15, 0.2) is 9.84 Å². The molecule has 1 rings (SSSR count). The fourth-order valence-corrected chi connectivity index (χ4v) is 4.71. The van der Waals surface area contributed by atoms with E-state index >= 15 is 0 Å². The minimum Gasteiger partial charge on any atom is -0.393 e. The molecule has 0 amide bonds. The number of aliphatic hydroxyl groups is 1. The van der Waals surface area contributed by atoms with Crippen LogP contribution in [0.5, 0.6) is 0 Å². The molecule has 2 unspecified atom stereocenters. The molecule has 0 saturated carbocycles. The van der Waals surface area contributed by atoms with Crippen LogP contribution in [-0.4, -0.2) is 51.6 Å². The summed E-state index contributed by atoms with van der Waals surface area (Å²) in [7, 11) is -5.86. The minimum absolute atomic E-state index is 0.0354. The van der Waals surface area contributed by atoms with Crippen LogP contribution in [0, 0.1) is 5.92 Å². The van der Waals surface area contributed by atoms with Gasteiger partial charge in [-0.25, -0.2) is 16.8 Å². The third kappa shape index (κ3) is 6.38. The van der Waals surface area contributed by atoms with Crippen molar-refractivity contribution in [3.8, 4) is 0 Å². The third-order valence-corrected chi connectivity index (χ3v) is 5.85. The molecule has 7 heteroatoms. The van der Waals surface area contributed by atoms with Crippen LogP contribution >= 0.6 is 0 Å². The van der Waals surface area contributed by atoms with Crippen molar-refractivity contribution >= 4 is 19.7 Å². The Morgan fingerprint density at radius 1 is 1.41 bits per heavy atom. The van der Waals surface area contributed by atoms with Crippen molar-refractivity contribution in [2.75, 3.05) is 23.5 Å². The van der Waals surface area contributed by atoms with Gasteiger partial charge in [-0.05, 0) is 31.6 Å². The monoisotopic (exact) mass is 284 g/mol.